The number of carbonyl (C=O) groups is 1. The Morgan fingerprint density at radius 1 is 1.41 bits per heavy atom. The van der Waals surface area contributed by atoms with Gasteiger partial charge >= 0.3 is 0 Å². The molecule has 0 aliphatic rings. The van der Waals surface area contributed by atoms with Crippen molar-refractivity contribution in [2.45, 2.75) is 33.9 Å². The summed E-state index contributed by atoms with van der Waals surface area (Å²) < 4.78 is 2.06. The summed E-state index contributed by atoms with van der Waals surface area (Å²) in [6.07, 6.45) is 3.73. The number of aryl methyl sites for hydroxylation is 1. The van der Waals surface area contributed by atoms with Crippen LogP contribution in [0.1, 0.15) is 26.6 Å². The van der Waals surface area contributed by atoms with E-state index in [0.717, 1.165) is 25.5 Å². The van der Waals surface area contributed by atoms with Crippen LogP contribution >= 0.6 is 0 Å². The molecule has 1 aromatic heterocycles. The summed E-state index contributed by atoms with van der Waals surface area (Å²) in [5.74, 6) is 1.12. The second-order valence-corrected chi connectivity index (χ2v) is 3.80. The number of aromatic nitrogens is 2. The molecule has 5 heteroatoms. The van der Waals surface area contributed by atoms with Crippen molar-refractivity contribution in [3.63, 3.8) is 0 Å². The smallest absolute Gasteiger partial charge is 0.236 e. The van der Waals surface area contributed by atoms with Gasteiger partial charge in [0.1, 0.15) is 5.82 Å². The number of rotatable bonds is 7. The van der Waals surface area contributed by atoms with Gasteiger partial charge in [0, 0.05) is 32.0 Å². The molecule has 1 amide bonds. The van der Waals surface area contributed by atoms with E-state index in [1.807, 2.05) is 24.9 Å². The summed E-state index contributed by atoms with van der Waals surface area (Å²) in [4.78, 5) is 17.8. The summed E-state index contributed by atoms with van der Waals surface area (Å²) >= 11 is 0. The molecule has 1 N–H and O–H groups in total. The lowest BCUT2D eigenvalue weighted by molar-refractivity contribution is -0.129. The molecule has 0 radical (unpaired) electrons. The first-order valence-corrected chi connectivity index (χ1v) is 6.21. The van der Waals surface area contributed by atoms with Crippen molar-refractivity contribution in [1.29, 1.82) is 0 Å². The van der Waals surface area contributed by atoms with Gasteiger partial charge in [0.2, 0.25) is 5.91 Å². The minimum absolute atomic E-state index is 0.143. The molecule has 0 unspecified atom stereocenters. The Labute approximate surface area is 103 Å². The van der Waals surface area contributed by atoms with Gasteiger partial charge in [0.25, 0.3) is 0 Å². The van der Waals surface area contributed by atoms with Crippen LogP contribution < -0.4 is 5.32 Å². The molecule has 96 valence electrons. The average molecular weight is 238 g/mol. The Bertz CT molecular complexity index is 344. The molecule has 0 aliphatic carbocycles. The second kappa shape index (κ2) is 7.06. The van der Waals surface area contributed by atoms with Gasteiger partial charge in [-0.05, 0) is 20.8 Å². The first-order chi connectivity index (χ1) is 8.22. The van der Waals surface area contributed by atoms with Crippen LogP contribution in [0.5, 0.6) is 0 Å². The number of imidazole rings is 1. The molecular weight excluding hydrogens is 216 g/mol. The van der Waals surface area contributed by atoms with Gasteiger partial charge in [0.15, 0.2) is 0 Å². The van der Waals surface area contributed by atoms with Gasteiger partial charge in [-0.3, -0.25) is 4.79 Å². The fourth-order valence-corrected chi connectivity index (χ4v) is 1.76. The van der Waals surface area contributed by atoms with Crippen LogP contribution in [0.4, 0.5) is 0 Å². The molecule has 1 aromatic rings. The second-order valence-electron chi connectivity index (χ2n) is 3.80. The number of hydrogen-bond acceptors (Lipinski definition) is 3. The predicted octanol–water partition coefficient (Wildman–Crippen LogP) is 0.861. The zero-order valence-corrected chi connectivity index (χ0v) is 10.9. The van der Waals surface area contributed by atoms with Gasteiger partial charge < -0.3 is 14.8 Å². The Balaban J connectivity index is 2.35. The number of nitrogens with zero attached hydrogens (tertiary/aromatic N) is 3. The lowest BCUT2D eigenvalue weighted by Gasteiger charge is -2.18. The molecule has 17 heavy (non-hydrogen) atoms. The molecule has 0 atom stereocenters. The van der Waals surface area contributed by atoms with Gasteiger partial charge in [-0.15, -0.1) is 0 Å². The lowest BCUT2D eigenvalue weighted by atomic mass is 10.4. The minimum atomic E-state index is 0.143. The topological polar surface area (TPSA) is 50.2 Å². The van der Waals surface area contributed by atoms with Crippen molar-refractivity contribution in [1.82, 2.24) is 19.8 Å². The highest BCUT2D eigenvalue weighted by molar-refractivity contribution is 5.78. The summed E-state index contributed by atoms with van der Waals surface area (Å²) in [7, 11) is 0. The summed E-state index contributed by atoms with van der Waals surface area (Å²) in [6.45, 7) is 9.50. The molecule has 0 aromatic carbocycles. The van der Waals surface area contributed by atoms with E-state index in [1.54, 1.807) is 6.20 Å². The summed E-state index contributed by atoms with van der Waals surface area (Å²) in [6, 6.07) is 0. The monoisotopic (exact) mass is 238 g/mol. The summed E-state index contributed by atoms with van der Waals surface area (Å²) in [5.41, 5.74) is 0. The van der Waals surface area contributed by atoms with Crippen LogP contribution in [0.25, 0.3) is 0 Å². The fraction of sp³-hybridized carbons (Fsp3) is 0.667. The highest BCUT2D eigenvalue weighted by Gasteiger charge is 2.09. The van der Waals surface area contributed by atoms with Crippen molar-refractivity contribution in [2.24, 2.45) is 0 Å². The van der Waals surface area contributed by atoms with E-state index >= 15 is 0 Å². The SMILES string of the molecule is CCN(CC)C(=O)CNCc1nccn1CC. The van der Waals surface area contributed by atoms with E-state index in [1.165, 1.54) is 0 Å². The van der Waals surface area contributed by atoms with E-state index in [4.69, 9.17) is 0 Å². The number of hydrogen-bond donors (Lipinski definition) is 1. The largest absolute Gasteiger partial charge is 0.342 e. The third-order valence-corrected chi connectivity index (χ3v) is 2.82. The molecule has 0 fully saturated rings. The quantitative estimate of drug-likeness (QED) is 0.766. The van der Waals surface area contributed by atoms with E-state index in [9.17, 15) is 4.79 Å². The lowest BCUT2D eigenvalue weighted by Crippen LogP contribution is -2.38. The number of likely N-dealkylation sites (N-methyl/N-ethyl adjacent to an activating group) is 1. The van der Waals surface area contributed by atoms with Crippen molar-refractivity contribution in [3.05, 3.63) is 18.2 Å². The van der Waals surface area contributed by atoms with Gasteiger partial charge in [-0.25, -0.2) is 4.98 Å². The van der Waals surface area contributed by atoms with Crippen LogP contribution in [0, 0.1) is 0 Å². The van der Waals surface area contributed by atoms with Crippen molar-refractivity contribution in [3.8, 4) is 0 Å². The molecule has 0 spiro atoms. The van der Waals surface area contributed by atoms with Gasteiger partial charge in [-0.1, -0.05) is 0 Å². The molecular formula is C12H22N4O. The molecule has 1 heterocycles. The third kappa shape index (κ3) is 3.85. The zero-order chi connectivity index (χ0) is 12.7. The molecule has 0 aliphatic heterocycles. The van der Waals surface area contributed by atoms with Gasteiger partial charge in [-0.2, -0.15) is 0 Å². The van der Waals surface area contributed by atoms with Crippen molar-refractivity contribution < 1.29 is 4.79 Å². The minimum Gasteiger partial charge on any atom is -0.342 e. The maximum Gasteiger partial charge on any atom is 0.236 e. The predicted molar refractivity (Wildman–Crippen MR) is 67.5 cm³/mol. The standard InChI is InChI=1S/C12H22N4O/c1-4-15(5-2)12(17)10-13-9-11-14-7-8-16(11)6-3/h7-8,13H,4-6,9-10H2,1-3H3. The van der Waals surface area contributed by atoms with Crippen LogP contribution in [0.2, 0.25) is 0 Å². The van der Waals surface area contributed by atoms with E-state index in [-0.39, 0.29) is 5.91 Å². The highest BCUT2D eigenvalue weighted by atomic mass is 16.2. The normalized spacial score (nSPS) is 10.5. The third-order valence-electron chi connectivity index (χ3n) is 2.82. The Morgan fingerprint density at radius 2 is 2.12 bits per heavy atom. The Hall–Kier alpha value is -1.36. The maximum atomic E-state index is 11.7. The van der Waals surface area contributed by atoms with Crippen LogP contribution in [0.3, 0.4) is 0 Å². The zero-order valence-electron chi connectivity index (χ0n) is 10.9. The number of carbonyl (C=O) groups excluding carboxylic acids is 1. The first kappa shape index (κ1) is 13.7. The average Bonchev–Trinajstić information content (AvgIpc) is 2.78. The molecule has 1 rings (SSSR count). The van der Waals surface area contributed by atoms with Crippen LogP contribution in [-0.4, -0.2) is 40.0 Å². The number of nitrogens with one attached hydrogen (secondary N) is 1. The van der Waals surface area contributed by atoms with Crippen molar-refractivity contribution in [2.75, 3.05) is 19.6 Å². The van der Waals surface area contributed by atoms with E-state index in [2.05, 4.69) is 21.8 Å². The number of amides is 1. The Morgan fingerprint density at radius 3 is 2.71 bits per heavy atom. The summed E-state index contributed by atoms with van der Waals surface area (Å²) in [5, 5.41) is 3.14. The van der Waals surface area contributed by atoms with Crippen LogP contribution in [-0.2, 0) is 17.9 Å². The molecule has 5 nitrogen and oxygen atoms in total. The maximum absolute atomic E-state index is 11.7. The fourth-order valence-electron chi connectivity index (χ4n) is 1.76. The molecule has 0 bridgehead atoms. The van der Waals surface area contributed by atoms with E-state index < -0.39 is 0 Å². The highest BCUT2D eigenvalue weighted by Crippen LogP contribution is 1.96. The first-order valence-electron chi connectivity index (χ1n) is 6.21. The molecule has 0 saturated heterocycles. The Kier molecular flexibility index (Phi) is 5.69. The van der Waals surface area contributed by atoms with Gasteiger partial charge in [0.05, 0.1) is 13.1 Å². The van der Waals surface area contributed by atoms with Crippen LogP contribution in [0.15, 0.2) is 12.4 Å². The molecule has 0 saturated carbocycles. The van der Waals surface area contributed by atoms with E-state index in [0.29, 0.717) is 13.1 Å². The van der Waals surface area contributed by atoms with Crippen molar-refractivity contribution >= 4 is 5.91 Å².